The van der Waals surface area contributed by atoms with Crippen LogP contribution in [0, 0.1) is 0 Å². The molecule has 0 saturated carbocycles. The van der Waals surface area contributed by atoms with Gasteiger partial charge in [0, 0.05) is 49.0 Å². The molecule has 26 heavy (non-hydrogen) atoms. The molecule has 0 fully saturated rings. The molecular weight excluding hydrogens is 320 g/mol. The van der Waals surface area contributed by atoms with E-state index in [2.05, 4.69) is 15.2 Å². The summed E-state index contributed by atoms with van der Waals surface area (Å²) in [5.41, 5.74) is 3.73. The summed E-state index contributed by atoms with van der Waals surface area (Å²) in [4.78, 5) is 13.1. The fraction of sp³-hybridized carbons (Fsp3) is 0.0870. The van der Waals surface area contributed by atoms with Crippen molar-refractivity contribution in [2.75, 3.05) is 0 Å². The lowest BCUT2D eigenvalue weighted by molar-refractivity contribution is 0.103. The standard InChI is InChI=1S/C23H20N2O/c26-23(19-9-2-1-3-10-19)21-12-8-11-20(17-24-13-4-5-14-24)22(21)18-25-15-6-7-16-25/h1-16H,17-18H2. The number of carbonyl (C=O) groups is 1. The Morgan fingerprint density at radius 3 is 1.92 bits per heavy atom. The molecule has 0 N–H and O–H groups in total. The molecule has 0 saturated heterocycles. The maximum Gasteiger partial charge on any atom is 0.193 e. The van der Waals surface area contributed by atoms with Crippen molar-refractivity contribution in [3.8, 4) is 0 Å². The quantitative estimate of drug-likeness (QED) is 0.471. The van der Waals surface area contributed by atoms with Gasteiger partial charge in [0.1, 0.15) is 0 Å². The van der Waals surface area contributed by atoms with E-state index in [1.165, 1.54) is 0 Å². The number of hydrogen-bond donors (Lipinski definition) is 0. The summed E-state index contributed by atoms with van der Waals surface area (Å²) in [5, 5.41) is 0. The molecule has 0 aliphatic rings. The van der Waals surface area contributed by atoms with E-state index < -0.39 is 0 Å². The second kappa shape index (κ2) is 7.28. The van der Waals surface area contributed by atoms with Crippen LogP contribution in [0.3, 0.4) is 0 Å². The van der Waals surface area contributed by atoms with E-state index in [9.17, 15) is 4.79 Å². The van der Waals surface area contributed by atoms with Crippen LogP contribution in [0.5, 0.6) is 0 Å². The third kappa shape index (κ3) is 3.38. The summed E-state index contributed by atoms with van der Waals surface area (Å²) >= 11 is 0. The molecule has 4 aromatic rings. The lowest BCUT2D eigenvalue weighted by Crippen LogP contribution is -2.12. The van der Waals surface area contributed by atoms with Crippen LogP contribution >= 0.6 is 0 Å². The van der Waals surface area contributed by atoms with E-state index in [4.69, 9.17) is 0 Å². The van der Waals surface area contributed by atoms with Gasteiger partial charge >= 0.3 is 0 Å². The minimum absolute atomic E-state index is 0.0714. The number of nitrogens with zero attached hydrogens (tertiary/aromatic N) is 2. The van der Waals surface area contributed by atoms with Crippen LogP contribution in [0.15, 0.2) is 97.6 Å². The molecule has 2 aromatic heterocycles. The number of benzene rings is 2. The average molecular weight is 340 g/mol. The topological polar surface area (TPSA) is 26.9 Å². The van der Waals surface area contributed by atoms with Gasteiger partial charge in [-0.1, -0.05) is 48.5 Å². The van der Waals surface area contributed by atoms with Crippen molar-refractivity contribution in [1.29, 1.82) is 0 Å². The van der Waals surface area contributed by atoms with Gasteiger partial charge in [-0.3, -0.25) is 4.79 Å². The first-order valence-corrected chi connectivity index (χ1v) is 8.73. The van der Waals surface area contributed by atoms with Crippen LogP contribution in [-0.2, 0) is 13.1 Å². The fourth-order valence-electron chi connectivity index (χ4n) is 3.26. The zero-order valence-electron chi connectivity index (χ0n) is 14.5. The average Bonchev–Trinajstić information content (AvgIpc) is 3.37. The molecule has 0 radical (unpaired) electrons. The van der Waals surface area contributed by atoms with E-state index >= 15 is 0 Å². The Hall–Kier alpha value is -3.33. The van der Waals surface area contributed by atoms with Gasteiger partial charge in [-0.15, -0.1) is 0 Å². The molecule has 3 heteroatoms. The van der Waals surface area contributed by atoms with Gasteiger partial charge < -0.3 is 9.13 Å². The highest BCUT2D eigenvalue weighted by molar-refractivity contribution is 6.10. The molecule has 4 rings (SSSR count). The number of carbonyl (C=O) groups excluding carboxylic acids is 1. The Labute approximate surface area is 153 Å². The SMILES string of the molecule is O=C(c1ccccc1)c1cccc(Cn2cccc2)c1Cn1cccc1. The van der Waals surface area contributed by atoms with Gasteiger partial charge in [-0.2, -0.15) is 0 Å². The number of ketones is 1. The molecule has 0 aliphatic heterocycles. The van der Waals surface area contributed by atoms with E-state index in [0.717, 1.165) is 28.8 Å². The predicted octanol–water partition coefficient (Wildman–Crippen LogP) is 4.62. The summed E-state index contributed by atoms with van der Waals surface area (Å²) in [6.45, 7) is 1.43. The van der Waals surface area contributed by atoms with Crippen molar-refractivity contribution in [3.63, 3.8) is 0 Å². The van der Waals surface area contributed by atoms with Crippen molar-refractivity contribution in [1.82, 2.24) is 9.13 Å². The molecule has 0 spiro atoms. The molecule has 128 valence electrons. The second-order valence-electron chi connectivity index (χ2n) is 6.35. The van der Waals surface area contributed by atoms with E-state index in [-0.39, 0.29) is 5.78 Å². The molecule has 0 amide bonds. The summed E-state index contributed by atoms with van der Waals surface area (Å²) < 4.78 is 4.24. The van der Waals surface area contributed by atoms with Crippen molar-refractivity contribution in [2.24, 2.45) is 0 Å². The van der Waals surface area contributed by atoms with Crippen LogP contribution in [0.2, 0.25) is 0 Å². The van der Waals surface area contributed by atoms with Crippen LogP contribution < -0.4 is 0 Å². The van der Waals surface area contributed by atoms with Crippen LogP contribution in [0.4, 0.5) is 0 Å². The molecule has 0 atom stereocenters. The van der Waals surface area contributed by atoms with Crippen LogP contribution in [0.1, 0.15) is 27.0 Å². The maximum absolute atomic E-state index is 13.1. The van der Waals surface area contributed by atoms with E-state index in [0.29, 0.717) is 6.54 Å². The Kier molecular flexibility index (Phi) is 4.52. The smallest absolute Gasteiger partial charge is 0.193 e. The zero-order valence-corrected chi connectivity index (χ0v) is 14.5. The molecular formula is C23H20N2O. The summed E-state index contributed by atoms with van der Waals surface area (Å²) in [6, 6.07) is 23.6. The molecule has 2 aromatic carbocycles. The van der Waals surface area contributed by atoms with E-state index in [1.54, 1.807) is 0 Å². The second-order valence-corrected chi connectivity index (χ2v) is 6.35. The van der Waals surface area contributed by atoms with Gasteiger partial charge in [0.05, 0.1) is 0 Å². The first-order valence-electron chi connectivity index (χ1n) is 8.73. The predicted molar refractivity (Wildman–Crippen MR) is 103 cm³/mol. The highest BCUT2D eigenvalue weighted by atomic mass is 16.1. The first-order chi connectivity index (χ1) is 12.8. The van der Waals surface area contributed by atoms with Gasteiger partial charge in [-0.25, -0.2) is 0 Å². The Balaban J connectivity index is 1.78. The monoisotopic (exact) mass is 340 g/mol. The highest BCUT2D eigenvalue weighted by Gasteiger charge is 2.16. The molecule has 0 bridgehead atoms. The highest BCUT2D eigenvalue weighted by Crippen LogP contribution is 2.21. The third-order valence-electron chi connectivity index (χ3n) is 4.58. The Morgan fingerprint density at radius 1 is 0.654 bits per heavy atom. The maximum atomic E-state index is 13.1. The van der Waals surface area contributed by atoms with Gasteiger partial charge in [-0.05, 0) is 35.4 Å². The summed E-state index contributed by atoms with van der Waals surface area (Å²) in [5.74, 6) is 0.0714. The number of hydrogen-bond acceptors (Lipinski definition) is 1. The Bertz CT molecular complexity index is 984. The zero-order chi connectivity index (χ0) is 17.8. The van der Waals surface area contributed by atoms with Gasteiger partial charge in [0.2, 0.25) is 0 Å². The Morgan fingerprint density at radius 2 is 1.27 bits per heavy atom. The van der Waals surface area contributed by atoms with Gasteiger partial charge in [0.15, 0.2) is 5.78 Å². The lowest BCUT2D eigenvalue weighted by Gasteiger charge is -2.16. The summed E-state index contributed by atoms with van der Waals surface area (Å²) in [6.07, 6.45) is 8.16. The van der Waals surface area contributed by atoms with Gasteiger partial charge in [0.25, 0.3) is 0 Å². The summed E-state index contributed by atoms with van der Waals surface area (Å²) in [7, 11) is 0. The van der Waals surface area contributed by atoms with Crippen molar-refractivity contribution in [3.05, 3.63) is 120 Å². The lowest BCUT2D eigenvalue weighted by atomic mass is 9.94. The normalized spacial score (nSPS) is 10.8. The third-order valence-corrected chi connectivity index (χ3v) is 4.58. The van der Waals surface area contributed by atoms with Crippen molar-refractivity contribution < 1.29 is 4.79 Å². The fourth-order valence-corrected chi connectivity index (χ4v) is 3.26. The molecule has 3 nitrogen and oxygen atoms in total. The van der Waals surface area contributed by atoms with Crippen molar-refractivity contribution >= 4 is 5.78 Å². The first kappa shape index (κ1) is 16.2. The van der Waals surface area contributed by atoms with Crippen molar-refractivity contribution in [2.45, 2.75) is 13.1 Å². The minimum atomic E-state index is 0.0714. The van der Waals surface area contributed by atoms with Crippen LogP contribution in [0.25, 0.3) is 0 Å². The molecule has 0 aliphatic carbocycles. The largest absolute Gasteiger partial charge is 0.350 e. The minimum Gasteiger partial charge on any atom is -0.350 e. The van der Waals surface area contributed by atoms with Crippen LogP contribution in [-0.4, -0.2) is 14.9 Å². The number of aromatic nitrogens is 2. The van der Waals surface area contributed by atoms with E-state index in [1.807, 2.05) is 91.5 Å². The molecule has 0 unspecified atom stereocenters. The molecule has 2 heterocycles. The number of rotatable bonds is 6.